The van der Waals surface area contributed by atoms with Crippen molar-refractivity contribution >= 4 is 11.9 Å². The number of hydrogen-bond acceptors (Lipinski definition) is 2. The fourth-order valence-electron chi connectivity index (χ4n) is 2.36. The predicted molar refractivity (Wildman–Crippen MR) is 82.9 cm³/mol. The van der Waals surface area contributed by atoms with Gasteiger partial charge < -0.3 is 10.0 Å². The fourth-order valence-corrected chi connectivity index (χ4v) is 2.36. The van der Waals surface area contributed by atoms with Crippen LogP contribution in [-0.4, -0.2) is 28.9 Å². The van der Waals surface area contributed by atoms with Crippen LogP contribution in [0.3, 0.4) is 0 Å². The Morgan fingerprint density at radius 2 is 1.67 bits per heavy atom. The Morgan fingerprint density at radius 1 is 1.14 bits per heavy atom. The molecule has 1 rings (SSSR count). The smallest absolute Gasteiger partial charge is 0.310 e. The lowest BCUT2D eigenvalue weighted by Crippen LogP contribution is -2.37. The van der Waals surface area contributed by atoms with E-state index < -0.39 is 11.4 Å². The highest BCUT2D eigenvalue weighted by molar-refractivity contribution is 5.84. The van der Waals surface area contributed by atoms with E-state index in [1.807, 2.05) is 45.0 Å². The van der Waals surface area contributed by atoms with E-state index in [0.717, 1.165) is 5.56 Å². The second kappa shape index (κ2) is 7.25. The van der Waals surface area contributed by atoms with E-state index in [9.17, 15) is 14.7 Å². The highest BCUT2D eigenvalue weighted by Crippen LogP contribution is 2.31. The average Bonchev–Trinajstić information content (AvgIpc) is 2.46. The molecule has 21 heavy (non-hydrogen) atoms. The molecule has 0 heterocycles. The third-order valence-electron chi connectivity index (χ3n) is 4.26. The molecular weight excluding hydrogens is 266 g/mol. The number of benzene rings is 1. The van der Waals surface area contributed by atoms with Crippen molar-refractivity contribution in [2.75, 3.05) is 7.05 Å². The first-order chi connectivity index (χ1) is 9.84. The SMILES string of the molecule is CCC(CC)(CC(=O)N(C)Cc1ccc(C)cc1)C(=O)O. The van der Waals surface area contributed by atoms with Crippen LogP contribution in [0, 0.1) is 12.3 Å². The summed E-state index contributed by atoms with van der Waals surface area (Å²) in [4.78, 5) is 25.4. The monoisotopic (exact) mass is 291 g/mol. The largest absolute Gasteiger partial charge is 0.481 e. The van der Waals surface area contributed by atoms with Crippen LogP contribution < -0.4 is 0 Å². The molecule has 0 aliphatic carbocycles. The second-order valence-corrected chi connectivity index (χ2v) is 5.70. The molecule has 0 saturated carbocycles. The molecule has 0 radical (unpaired) electrons. The maximum atomic E-state index is 12.3. The number of carbonyl (C=O) groups is 2. The number of carbonyl (C=O) groups excluding carboxylic acids is 1. The molecule has 4 nitrogen and oxygen atoms in total. The number of nitrogens with zero attached hydrogens (tertiary/aromatic N) is 1. The second-order valence-electron chi connectivity index (χ2n) is 5.70. The first-order valence-corrected chi connectivity index (χ1v) is 7.37. The first-order valence-electron chi connectivity index (χ1n) is 7.37. The lowest BCUT2D eigenvalue weighted by molar-refractivity contribution is -0.154. The summed E-state index contributed by atoms with van der Waals surface area (Å²) >= 11 is 0. The van der Waals surface area contributed by atoms with Gasteiger partial charge in [-0.25, -0.2) is 0 Å². The van der Waals surface area contributed by atoms with Crippen molar-refractivity contribution in [3.8, 4) is 0 Å². The van der Waals surface area contributed by atoms with Crippen molar-refractivity contribution in [1.29, 1.82) is 0 Å². The maximum Gasteiger partial charge on any atom is 0.310 e. The molecule has 1 N–H and O–H groups in total. The normalized spacial score (nSPS) is 11.2. The summed E-state index contributed by atoms with van der Waals surface area (Å²) in [6.07, 6.45) is 0.976. The van der Waals surface area contributed by atoms with E-state index in [1.165, 1.54) is 5.56 Å². The molecule has 0 spiro atoms. The lowest BCUT2D eigenvalue weighted by atomic mass is 9.79. The van der Waals surface area contributed by atoms with E-state index in [-0.39, 0.29) is 12.3 Å². The van der Waals surface area contributed by atoms with E-state index >= 15 is 0 Å². The number of carboxylic acid groups (broad SMARTS) is 1. The summed E-state index contributed by atoms with van der Waals surface area (Å²) in [5.74, 6) is -1.01. The van der Waals surface area contributed by atoms with Gasteiger partial charge in [0.1, 0.15) is 0 Å². The Balaban J connectivity index is 2.73. The zero-order chi connectivity index (χ0) is 16.0. The van der Waals surface area contributed by atoms with Crippen molar-refractivity contribution in [1.82, 2.24) is 4.90 Å². The van der Waals surface area contributed by atoms with Crippen molar-refractivity contribution in [3.63, 3.8) is 0 Å². The minimum absolute atomic E-state index is 0.0533. The van der Waals surface area contributed by atoms with Gasteiger partial charge in [-0.15, -0.1) is 0 Å². The molecule has 1 aromatic carbocycles. The minimum Gasteiger partial charge on any atom is -0.481 e. The molecule has 0 aliphatic rings. The number of carboxylic acids is 1. The summed E-state index contributed by atoms with van der Waals surface area (Å²) in [6.45, 7) is 6.17. The van der Waals surface area contributed by atoms with Crippen LogP contribution in [0.5, 0.6) is 0 Å². The first kappa shape index (κ1) is 17.2. The Morgan fingerprint density at radius 3 is 2.10 bits per heavy atom. The van der Waals surface area contributed by atoms with Crippen molar-refractivity contribution in [3.05, 3.63) is 35.4 Å². The highest BCUT2D eigenvalue weighted by atomic mass is 16.4. The molecule has 0 unspecified atom stereocenters. The van der Waals surface area contributed by atoms with Gasteiger partial charge in [0.25, 0.3) is 0 Å². The number of aryl methyl sites for hydroxylation is 1. The number of aliphatic carboxylic acids is 1. The molecular formula is C17H25NO3. The summed E-state index contributed by atoms with van der Waals surface area (Å²) in [5, 5.41) is 9.40. The Hall–Kier alpha value is -1.84. The summed E-state index contributed by atoms with van der Waals surface area (Å²) in [5.41, 5.74) is 1.28. The molecule has 1 aromatic rings. The summed E-state index contributed by atoms with van der Waals surface area (Å²) in [7, 11) is 1.72. The van der Waals surface area contributed by atoms with Crippen molar-refractivity contribution in [2.24, 2.45) is 5.41 Å². The number of amides is 1. The van der Waals surface area contributed by atoms with E-state index in [2.05, 4.69) is 0 Å². The molecule has 0 bridgehead atoms. The van der Waals surface area contributed by atoms with Gasteiger partial charge >= 0.3 is 5.97 Å². The van der Waals surface area contributed by atoms with Crippen LogP contribution in [-0.2, 0) is 16.1 Å². The van der Waals surface area contributed by atoms with Crippen LogP contribution in [0.1, 0.15) is 44.2 Å². The molecule has 0 aromatic heterocycles. The predicted octanol–water partition coefficient (Wildman–Crippen LogP) is 3.23. The van der Waals surface area contributed by atoms with Gasteiger partial charge in [0, 0.05) is 20.0 Å². The van der Waals surface area contributed by atoms with Gasteiger partial charge in [0.05, 0.1) is 5.41 Å². The highest BCUT2D eigenvalue weighted by Gasteiger charge is 2.37. The third-order valence-corrected chi connectivity index (χ3v) is 4.26. The molecule has 1 amide bonds. The van der Waals surface area contributed by atoms with Gasteiger partial charge in [-0.1, -0.05) is 43.7 Å². The zero-order valence-corrected chi connectivity index (χ0v) is 13.3. The lowest BCUT2D eigenvalue weighted by Gasteiger charge is -2.28. The van der Waals surface area contributed by atoms with Gasteiger partial charge in [0.15, 0.2) is 0 Å². The van der Waals surface area contributed by atoms with Gasteiger partial charge in [-0.3, -0.25) is 9.59 Å². The average molecular weight is 291 g/mol. The van der Waals surface area contributed by atoms with E-state index in [0.29, 0.717) is 19.4 Å². The molecule has 116 valence electrons. The maximum absolute atomic E-state index is 12.3. The van der Waals surface area contributed by atoms with Gasteiger partial charge in [-0.05, 0) is 25.3 Å². The van der Waals surface area contributed by atoms with Crippen molar-refractivity contribution < 1.29 is 14.7 Å². The quantitative estimate of drug-likeness (QED) is 0.839. The Bertz CT molecular complexity index is 489. The summed E-state index contributed by atoms with van der Waals surface area (Å²) in [6, 6.07) is 7.99. The third kappa shape index (κ3) is 4.31. The van der Waals surface area contributed by atoms with Crippen LogP contribution in [0.4, 0.5) is 0 Å². The van der Waals surface area contributed by atoms with Crippen LogP contribution in [0.25, 0.3) is 0 Å². The molecule has 0 atom stereocenters. The molecule has 0 aliphatic heterocycles. The van der Waals surface area contributed by atoms with Gasteiger partial charge in [0.2, 0.25) is 5.91 Å². The van der Waals surface area contributed by atoms with E-state index in [1.54, 1.807) is 11.9 Å². The summed E-state index contributed by atoms with van der Waals surface area (Å²) < 4.78 is 0. The fraction of sp³-hybridized carbons (Fsp3) is 0.529. The zero-order valence-electron chi connectivity index (χ0n) is 13.3. The minimum atomic E-state index is -0.946. The van der Waals surface area contributed by atoms with Crippen LogP contribution in [0.2, 0.25) is 0 Å². The Labute approximate surface area is 126 Å². The molecule has 0 saturated heterocycles. The molecule has 0 fully saturated rings. The molecule has 4 heteroatoms. The number of rotatable bonds is 7. The van der Waals surface area contributed by atoms with Gasteiger partial charge in [-0.2, -0.15) is 0 Å². The topological polar surface area (TPSA) is 57.6 Å². The standard InChI is InChI=1S/C17H25NO3/c1-5-17(6-2,16(20)21)11-15(19)18(4)12-14-9-7-13(3)8-10-14/h7-10H,5-6,11-12H2,1-4H3,(H,20,21). The van der Waals surface area contributed by atoms with Crippen LogP contribution in [0.15, 0.2) is 24.3 Å². The Kier molecular flexibility index (Phi) is 5.94. The van der Waals surface area contributed by atoms with Crippen molar-refractivity contribution in [2.45, 2.75) is 46.6 Å². The van der Waals surface area contributed by atoms with Crippen LogP contribution >= 0.6 is 0 Å². The number of hydrogen-bond donors (Lipinski definition) is 1. The van der Waals surface area contributed by atoms with E-state index in [4.69, 9.17) is 0 Å².